The van der Waals surface area contributed by atoms with Crippen LogP contribution in [0.25, 0.3) is 11.6 Å². The molecular formula is C28H26FNO2. The number of benzene rings is 3. The number of ether oxygens (including phenoxy) is 2. The first-order valence-corrected chi connectivity index (χ1v) is 10.5. The summed E-state index contributed by atoms with van der Waals surface area (Å²) in [6, 6.07) is 20.3. The molecule has 0 aliphatic heterocycles. The fourth-order valence-corrected chi connectivity index (χ4v) is 3.36. The third-order valence-corrected chi connectivity index (χ3v) is 4.92. The molecule has 3 aromatic rings. The maximum Gasteiger partial charge on any atom is 0.165 e. The predicted octanol–water partition coefficient (Wildman–Crippen LogP) is 6.90. The molecule has 0 atom stereocenters. The second-order valence-corrected chi connectivity index (χ2v) is 7.36. The summed E-state index contributed by atoms with van der Waals surface area (Å²) in [6.07, 6.45) is 4.02. The summed E-state index contributed by atoms with van der Waals surface area (Å²) >= 11 is 0. The van der Waals surface area contributed by atoms with Crippen LogP contribution in [0.3, 0.4) is 0 Å². The van der Waals surface area contributed by atoms with E-state index in [1.54, 1.807) is 30.4 Å². The van der Waals surface area contributed by atoms with Crippen LogP contribution in [0, 0.1) is 24.1 Å². The standard InChI is InChI=1S/C28H26FNO2/c1-4-8-23-15-22(16-24(18-30)25-9-6-7-10-26(25)29)17-27(31-5-2)28(23)32-19-21-13-11-20(3)12-14-21/h4,6-7,9-17H,1,5,8,19H2,2-3H3/b24-16-. The van der Waals surface area contributed by atoms with E-state index >= 15 is 0 Å². The van der Waals surface area contributed by atoms with E-state index in [2.05, 4.69) is 12.6 Å². The van der Waals surface area contributed by atoms with Crippen molar-refractivity contribution in [3.05, 3.63) is 107 Å². The van der Waals surface area contributed by atoms with Crippen molar-refractivity contribution in [2.45, 2.75) is 26.9 Å². The van der Waals surface area contributed by atoms with Crippen molar-refractivity contribution in [1.82, 2.24) is 0 Å². The van der Waals surface area contributed by atoms with Gasteiger partial charge in [-0.15, -0.1) is 6.58 Å². The highest BCUT2D eigenvalue weighted by Gasteiger charge is 2.15. The number of halogens is 1. The van der Waals surface area contributed by atoms with Crippen molar-refractivity contribution in [2.75, 3.05) is 6.61 Å². The molecule has 3 aromatic carbocycles. The smallest absolute Gasteiger partial charge is 0.165 e. The molecule has 0 aliphatic carbocycles. The topological polar surface area (TPSA) is 42.2 Å². The number of hydrogen-bond acceptors (Lipinski definition) is 3. The molecule has 32 heavy (non-hydrogen) atoms. The zero-order chi connectivity index (χ0) is 22.9. The Hall–Kier alpha value is -3.84. The maximum absolute atomic E-state index is 14.2. The van der Waals surface area contributed by atoms with E-state index in [9.17, 15) is 9.65 Å². The van der Waals surface area contributed by atoms with Crippen molar-refractivity contribution in [1.29, 1.82) is 5.26 Å². The van der Waals surface area contributed by atoms with Crippen LogP contribution in [-0.2, 0) is 13.0 Å². The molecule has 0 saturated heterocycles. The van der Waals surface area contributed by atoms with E-state index in [4.69, 9.17) is 9.47 Å². The number of hydrogen-bond donors (Lipinski definition) is 0. The number of rotatable bonds is 9. The predicted molar refractivity (Wildman–Crippen MR) is 127 cm³/mol. The fourth-order valence-electron chi connectivity index (χ4n) is 3.36. The summed E-state index contributed by atoms with van der Waals surface area (Å²) in [4.78, 5) is 0. The van der Waals surface area contributed by atoms with Gasteiger partial charge in [0.2, 0.25) is 0 Å². The van der Waals surface area contributed by atoms with Gasteiger partial charge >= 0.3 is 0 Å². The van der Waals surface area contributed by atoms with Crippen LogP contribution in [0.2, 0.25) is 0 Å². The first-order chi connectivity index (χ1) is 15.5. The maximum atomic E-state index is 14.2. The van der Waals surface area contributed by atoms with Crippen molar-refractivity contribution >= 4 is 11.6 Å². The molecule has 3 nitrogen and oxygen atoms in total. The van der Waals surface area contributed by atoms with E-state index in [1.165, 1.54) is 11.6 Å². The van der Waals surface area contributed by atoms with Gasteiger partial charge in [0.25, 0.3) is 0 Å². The van der Waals surface area contributed by atoms with E-state index in [0.29, 0.717) is 31.1 Å². The third kappa shape index (κ3) is 5.65. The molecule has 0 saturated carbocycles. The number of allylic oxidation sites excluding steroid dienone is 2. The highest BCUT2D eigenvalue weighted by Crippen LogP contribution is 2.36. The van der Waals surface area contributed by atoms with Crippen LogP contribution in [0.4, 0.5) is 4.39 Å². The van der Waals surface area contributed by atoms with Crippen molar-refractivity contribution in [3.63, 3.8) is 0 Å². The molecule has 0 radical (unpaired) electrons. The summed E-state index contributed by atoms with van der Waals surface area (Å²) in [5.41, 5.74) is 4.36. The van der Waals surface area contributed by atoms with Gasteiger partial charge in [-0.25, -0.2) is 4.39 Å². The largest absolute Gasteiger partial charge is 0.490 e. The van der Waals surface area contributed by atoms with Crippen molar-refractivity contribution < 1.29 is 13.9 Å². The van der Waals surface area contributed by atoms with Gasteiger partial charge in [-0.2, -0.15) is 5.26 Å². The minimum absolute atomic E-state index is 0.239. The van der Waals surface area contributed by atoms with Gasteiger partial charge in [0.05, 0.1) is 18.2 Å². The van der Waals surface area contributed by atoms with Gasteiger partial charge in [0.1, 0.15) is 12.4 Å². The second kappa shape index (κ2) is 11.0. The molecule has 0 aliphatic rings. The lowest BCUT2D eigenvalue weighted by Gasteiger charge is -2.17. The lowest BCUT2D eigenvalue weighted by Crippen LogP contribution is -2.03. The van der Waals surface area contributed by atoms with Crippen LogP contribution in [-0.4, -0.2) is 6.61 Å². The average molecular weight is 428 g/mol. The molecule has 4 heteroatoms. The molecule has 162 valence electrons. The molecule has 0 amide bonds. The Balaban J connectivity index is 2.01. The van der Waals surface area contributed by atoms with E-state index in [0.717, 1.165) is 16.7 Å². The van der Waals surface area contributed by atoms with Gasteiger partial charge in [-0.05, 0) is 55.7 Å². The summed E-state index contributed by atoms with van der Waals surface area (Å²) in [5, 5.41) is 9.64. The van der Waals surface area contributed by atoms with E-state index in [-0.39, 0.29) is 11.1 Å². The van der Waals surface area contributed by atoms with Crippen molar-refractivity contribution in [2.24, 2.45) is 0 Å². The Morgan fingerprint density at radius 3 is 2.50 bits per heavy atom. The Labute approximate surface area is 189 Å². The molecule has 0 aromatic heterocycles. The van der Waals surface area contributed by atoms with Crippen LogP contribution in [0.5, 0.6) is 11.5 Å². The van der Waals surface area contributed by atoms with Crippen LogP contribution in [0.1, 0.15) is 34.7 Å². The van der Waals surface area contributed by atoms with E-state index in [1.807, 2.05) is 50.2 Å². The van der Waals surface area contributed by atoms with Crippen LogP contribution >= 0.6 is 0 Å². The zero-order valence-corrected chi connectivity index (χ0v) is 18.4. The molecule has 0 heterocycles. The first kappa shape index (κ1) is 22.8. The molecule has 3 rings (SSSR count). The Morgan fingerprint density at radius 1 is 1.09 bits per heavy atom. The quantitative estimate of drug-likeness (QED) is 0.212. The first-order valence-electron chi connectivity index (χ1n) is 10.5. The molecular weight excluding hydrogens is 401 g/mol. The highest BCUT2D eigenvalue weighted by molar-refractivity contribution is 5.90. The fraction of sp³-hybridized carbons (Fsp3) is 0.179. The minimum Gasteiger partial charge on any atom is -0.490 e. The summed E-state index contributed by atoms with van der Waals surface area (Å²) in [6.45, 7) is 8.66. The number of aryl methyl sites for hydroxylation is 1. The van der Waals surface area contributed by atoms with Gasteiger partial charge in [0.15, 0.2) is 11.5 Å². The number of nitriles is 1. The van der Waals surface area contributed by atoms with Crippen LogP contribution in [0.15, 0.2) is 73.3 Å². The molecule has 0 spiro atoms. The Kier molecular flexibility index (Phi) is 7.83. The average Bonchev–Trinajstić information content (AvgIpc) is 2.79. The lowest BCUT2D eigenvalue weighted by atomic mass is 10.0. The minimum atomic E-state index is -0.435. The zero-order valence-electron chi connectivity index (χ0n) is 18.4. The highest BCUT2D eigenvalue weighted by atomic mass is 19.1. The SMILES string of the molecule is C=CCc1cc(/C=C(/C#N)c2ccccc2F)cc(OCC)c1OCc1ccc(C)cc1. The summed E-state index contributed by atoms with van der Waals surface area (Å²) in [5.74, 6) is 0.791. The molecule has 0 N–H and O–H groups in total. The number of nitrogens with zero attached hydrogens (tertiary/aromatic N) is 1. The van der Waals surface area contributed by atoms with Gasteiger partial charge in [0, 0.05) is 11.1 Å². The van der Waals surface area contributed by atoms with Crippen molar-refractivity contribution in [3.8, 4) is 17.6 Å². The van der Waals surface area contributed by atoms with Gasteiger partial charge < -0.3 is 9.47 Å². The lowest BCUT2D eigenvalue weighted by molar-refractivity contribution is 0.267. The Bertz CT molecular complexity index is 1160. The Morgan fingerprint density at radius 2 is 1.84 bits per heavy atom. The summed E-state index contributed by atoms with van der Waals surface area (Å²) in [7, 11) is 0. The summed E-state index contributed by atoms with van der Waals surface area (Å²) < 4.78 is 26.3. The molecule has 0 unspecified atom stereocenters. The van der Waals surface area contributed by atoms with Gasteiger partial charge in [-0.3, -0.25) is 0 Å². The van der Waals surface area contributed by atoms with Gasteiger partial charge in [-0.1, -0.05) is 54.1 Å². The molecule has 0 fully saturated rings. The normalized spacial score (nSPS) is 11.0. The second-order valence-electron chi connectivity index (χ2n) is 7.36. The third-order valence-electron chi connectivity index (χ3n) is 4.92. The van der Waals surface area contributed by atoms with E-state index < -0.39 is 5.82 Å². The monoisotopic (exact) mass is 427 g/mol. The van der Waals surface area contributed by atoms with Crippen LogP contribution < -0.4 is 9.47 Å². The molecule has 0 bridgehead atoms.